The summed E-state index contributed by atoms with van der Waals surface area (Å²) in [5.74, 6) is -1.14. The third-order valence-corrected chi connectivity index (χ3v) is 3.87. The third-order valence-electron chi connectivity index (χ3n) is 3.87. The predicted octanol–water partition coefficient (Wildman–Crippen LogP) is 3.44. The van der Waals surface area contributed by atoms with E-state index in [1.807, 2.05) is 0 Å². The van der Waals surface area contributed by atoms with E-state index < -0.39 is 17.7 Å². The van der Waals surface area contributed by atoms with Gasteiger partial charge in [-0.25, -0.2) is 0 Å². The van der Waals surface area contributed by atoms with Gasteiger partial charge in [-0.1, -0.05) is 24.6 Å². The summed E-state index contributed by atoms with van der Waals surface area (Å²) in [6.45, 7) is 0.320. The average molecular weight is 301 g/mol. The quantitative estimate of drug-likeness (QED) is 0.895. The summed E-state index contributed by atoms with van der Waals surface area (Å²) in [5.41, 5.74) is -0.101. The molecule has 0 spiro atoms. The fraction of sp³-hybridized carbons (Fsp3) is 0.533. The van der Waals surface area contributed by atoms with E-state index in [0.29, 0.717) is 24.9 Å². The first-order valence-electron chi connectivity index (χ1n) is 6.98. The Balaban J connectivity index is 1.92. The molecule has 0 radical (unpaired) electrons. The maximum absolute atomic E-state index is 12.6. The maximum Gasteiger partial charge on any atom is 0.416 e. The number of hydrogen-bond acceptors (Lipinski definition) is 2. The smallest absolute Gasteiger partial charge is 0.416 e. The molecule has 0 amide bonds. The second-order valence-electron chi connectivity index (χ2n) is 5.48. The Labute approximate surface area is 121 Å². The number of hydrogen-bond donors (Lipinski definition) is 2. The van der Waals surface area contributed by atoms with Crippen LogP contribution in [-0.4, -0.2) is 17.1 Å². The summed E-state index contributed by atoms with van der Waals surface area (Å²) in [6.07, 6.45) is -1.43. The zero-order valence-corrected chi connectivity index (χ0v) is 11.5. The molecule has 2 N–H and O–H groups in total. The topological polar surface area (TPSA) is 49.3 Å². The van der Waals surface area contributed by atoms with Gasteiger partial charge in [0.15, 0.2) is 0 Å². The second-order valence-corrected chi connectivity index (χ2v) is 5.48. The molecule has 3 nitrogen and oxygen atoms in total. The van der Waals surface area contributed by atoms with Gasteiger partial charge in [0, 0.05) is 12.6 Å². The summed E-state index contributed by atoms with van der Waals surface area (Å²) < 4.78 is 37.9. The molecular formula is C15H18F3NO2. The molecule has 21 heavy (non-hydrogen) atoms. The Morgan fingerprint density at radius 2 is 2.10 bits per heavy atom. The van der Waals surface area contributed by atoms with Crippen LogP contribution in [0.5, 0.6) is 0 Å². The lowest BCUT2D eigenvalue weighted by Gasteiger charge is -2.27. The number of carboxylic acids is 1. The monoisotopic (exact) mass is 301 g/mol. The summed E-state index contributed by atoms with van der Waals surface area (Å²) >= 11 is 0. The van der Waals surface area contributed by atoms with Crippen molar-refractivity contribution in [2.24, 2.45) is 5.92 Å². The Kier molecular flexibility index (Phi) is 4.88. The highest BCUT2D eigenvalue weighted by Gasteiger charge is 2.30. The van der Waals surface area contributed by atoms with E-state index in [2.05, 4.69) is 5.32 Å². The molecule has 6 heteroatoms. The van der Waals surface area contributed by atoms with Gasteiger partial charge in [0.1, 0.15) is 0 Å². The molecule has 1 aliphatic carbocycles. The van der Waals surface area contributed by atoms with Crippen molar-refractivity contribution in [2.45, 2.75) is 44.4 Å². The molecule has 116 valence electrons. The van der Waals surface area contributed by atoms with Crippen LogP contribution in [0.1, 0.15) is 36.8 Å². The van der Waals surface area contributed by atoms with Crippen molar-refractivity contribution >= 4 is 5.97 Å². The van der Waals surface area contributed by atoms with E-state index in [1.54, 1.807) is 6.07 Å². The van der Waals surface area contributed by atoms with Gasteiger partial charge in [-0.2, -0.15) is 13.2 Å². The molecule has 2 rings (SSSR count). The molecule has 1 fully saturated rings. The Hall–Kier alpha value is -1.56. The zero-order chi connectivity index (χ0) is 15.5. The Morgan fingerprint density at radius 1 is 1.33 bits per heavy atom. The van der Waals surface area contributed by atoms with Crippen LogP contribution >= 0.6 is 0 Å². The summed E-state index contributed by atoms with van der Waals surface area (Å²) in [7, 11) is 0. The number of carbonyl (C=O) groups is 1. The number of benzene rings is 1. The van der Waals surface area contributed by atoms with Gasteiger partial charge >= 0.3 is 12.1 Å². The highest BCUT2D eigenvalue weighted by Crippen LogP contribution is 2.30. The normalized spacial score (nSPS) is 23.0. The lowest BCUT2D eigenvalue weighted by atomic mass is 9.86. The molecule has 2 atom stereocenters. The van der Waals surface area contributed by atoms with Gasteiger partial charge < -0.3 is 10.4 Å². The zero-order valence-electron chi connectivity index (χ0n) is 11.5. The molecule has 2 unspecified atom stereocenters. The van der Waals surface area contributed by atoms with Crippen molar-refractivity contribution < 1.29 is 23.1 Å². The Morgan fingerprint density at radius 3 is 2.76 bits per heavy atom. The fourth-order valence-corrected chi connectivity index (χ4v) is 2.72. The van der Waals surface area contributed by atoms with Gasteiger partial charge in [-0.3, -0.25) is 4.79 Å². The number of alkyl halides is 3. The molecule has 0 aliphatic heterocycles. The minimum atomic E-state index is -4.34. The fourth-order valence-electron chi connectivity index (χ4n) is 2.72. The first-order valence-corrected chi connectivity index (χ1v) is 6.98. The Bertz CT molecular complexity index is 502. The van der Waals surface area contributed by atoms with Crippen molar-refractivity contribution in [3.05, 3.63) is 35.4 Å². The van der Waals surface area contributed by atoms with Crippen molar-refractivity contribution in [1.82, 2.24) is 5.32 Å². The predicted molar refractivity (Wildman–Crippen MR) is 71.7 cm³/mol. The van der Waals surface area contributed by atoms with Crippen LogP contribution in [0.15, 0.2) is 24.3 Å². The number of halogens is 3. The average Bonchev–Trinajstić information content (AvgIpc) is 2.45. The molecule has 0 saturated heterocycles. The standard InChI is InChI=1S/C15H18F3NO2/c16-15(17,18)12-5-1-3-10(7-12)9-19-13-6-2-4-11(8-13)14(20)21/h1,3,5,7,11,13,19H,2,4,6,8-9H2,(H,20,21). The van der Waals surface area contributed by atoms with Crippen molar-refractivity contribution in [3.63, 3.8) is 0 Å². The second kappa shape index (κ2) is 6.47. The van der Waals surface area contributed by atoms with Gasteiger partial charge in [0.05, 0.1) is 11.5 Å². The molecule has 0 heterocycles. The minimum absolute atomic E-state index is 0.0504. The summed E-state index contributed by atoms with van der Waals surface area (Å²) in [5, 5.41) is 12.2. The van der Waals surface area contributed by atoms with E-state index >= 15 is 0 Å². The molecule has 0 aromatic heterocycles. The molecule has 1 aliphatic rings. The first kappa shape index (κ1) is 15.8. The SMILES string of the molecule is O=C(O)C1CCCC(NCc2cccc(C(F)(F)F)c2)C1. The highest BCUT2D eigenvalue weighted by molar-refractivity contribution is 5.70. The largest absolute Gasteiger partial charge is 0.481 e. The number of aliphatic carboxylic acids is 1. The minimum Gasteiger partial charge on any atom is -0.481 e. The van der Waals surface area contributed by atoms with Crippen LogP contribution < -0.4 is 5.32 Å². The summed E-state index contributed by atoms with van der Waals surface area (Å²) in [4.78, 5) is 11.0. The van der Waals surface area contributed by atoms with Gasteiger partial charge in [-0.05, 0) is 30.9 Å². The lowest BCUT2D eigenvalue weighted by molar-refractivity contribution is -0.143. The van der Waals surface area contributed by atoms with Crippen molar-refractivity contribution in [3.8, 4) is 0 Å². The first-order chi connectivity index (χ1) is 9.86. The highest BCUT2D eigenvalue weighted by atomic mass is 19.4. The van der Waals surface area contributed by atoms with E-state index in [0.717, 1.165) is 25.0 Å². The van der Waals surface area contributed by atoms with E-state index in [-0.39, 0.29) is 12.0 Å². The third kappa shape index (κ3) is 4.46. The lowest BCUT2D eigenvalue weighted by Crippen LogP contribution is -2.36. The number of nitrogens with one attached hydrogen (secondary N) is 1. The van der Waals surface area contributed by atoms with Crippen LogP contribution in [0, 0.1) is 5.92 Å². The van der Waals surface area contributed by atoms with Gasteiger partial charge in [0.2, 0.25) is 0 Å². The van der Waals surface area contributed by atoms with Crippen LogP contribution in [0.3, 0.4) is 0 Å². The maximum atomic E-state index is 12.6. The summed E-state index contributed by atoms with van der Waals surface area (Å²) in [6, 6.07) is 5.25. The van der Waals surface area contributed by atoms with E-state index in [4.69, 9.17) is 5.11 Å². The van der Waals surface area contributed by atoms with E-state index in [9.17, 15) is 18.0 Å². The molecular weight excluding hydrogens is 283 g/mol. The number of carboxylic acid groups (broad SMARTS) is 1. The molecule has 0 bridgehead atoms. The van der Waals surface area contributed by atoms with Crippen LogP contribution in [0.2, 0.25) is 0 Å². The van der Waals surface area contributed by atoms with Gasteiger partial charge in [0.25, 0.3) is 0 Å². The van der Waals surface area contributed by atoms with Gasteiger partial charge in [-0.15, -0.1) is 0 Å². The molecule has 1 aromatic carbocycles. The van der Waals surface area contributed by atoms with E-state index in [1.165, 1.54) is 6.07 Å². The van der Waals surface area contributed by atoms with Crippen LogP contribution in [0.4, 0.5) is 13.2 Å². The molecule has 1 saturated carbocycles. The van der Waals surface area contributed by atoms with Crippen molar-refractivity contribution in [1.29, 1.82) is 0 Å². The number of rotatable bonds is 4. The van der Waals surface area contributed by atoms with Crippen LogP contribution in [-0.2, 0) is 17.5 Å². The molecule has 1 aromatic rings. The van der Waals surface area contributed by atoms with Crippen molar-refractivity contribution in [2.75, 3.05) is 0 Å². The van der Waals surface area contributed by atoms with Crippen LogP contribution in [0.25, 0.3) is 0 Å².